The highest BCUT2D eigenvalue weighted by Gasteiger charge is 1.87. The van der Waals surface area contributed by atoms with Gasteiger partial charge in [-0.15, -0.1) is 0 Å². The molecule has 35 valence electrons. The first kappa shape index (κ1) is 5.75. The number of nitrogens with zero attached hydrogens (tertiary/aromatic N) is 1. The molecule has 0 atom stereocenters. The van der Waals surface area contributed by atoms with Crippen LogP contribution in [0.25, 0.3) is 0 Å². The maximum Gasteiger partial charge on any atom is 0.213 e. The van der Waals surface area contributed by atoms with Gasteiger partial charge in [-0.05, 0) is 0 Å². The van der Waals surface area contributed by atoms with Gasteiger partial charge in [-0.25, -0.2) is 0 Å². The predicted octanol–water partition coefficient (Wildman–Crippen LogP) is 0.461. The topological polar surface area (TPSA) is 43.1 Å². The van der Waals surface area contributed by atoms with Crippen LogP contribution in [-0.2, 0) is 0 Å². The Bertz CT molecular complexity index is 55.5. The molecule has 0 aromatic carbocycles. The molecule has 4 heteroatoms. The van der Waals surface area contributed by atoms with Gasteiger partial charge in [-0.1, -0.05) is 12.6 Å². The Balaban J connectivity index is 2.83. The minimum Gasteiger partial charge on any atom is -0.265 e. The van der Waals surface area contributed by atoms with Gasteiger partial charge in [0.1, 0.15) is 0 Å². The molecule has 0 aromatic heterocycles. The largest absolute Gasteiger partial charge is 0.265 e. The molecular formula is C2H4NO2S. The highest BCUT2D eigenvalue weighted by Crippen LogP contribution is 1.71. The van der Waals surface area contributed by atoms with Gasteiger partial charge in [0.25, 0.3) is 0 Å². The molecule has 0 aliphatic carbocycles. The highest BCUT2D eigenvalue weighted by molar-refractivity contribution is 7.80. The van der Waals surface area contributed by atoms with Crippen LogP contribution in [0.15, 0.2) is 0 Å². The van der Waals surface area contributed by atoms with E-state index in [4.69, 9.17) is 0 Å². The summed E-state index contributed by atoms with van der Waals surface area (Å²) in [5.41, 5.74) is 0. The molecule has 3 nitrogen and oxygen atoms in total. The van der Waals surface area contributed by atoms with E-state index < -0.39 is 4.92 Å². The summed E-state index contributed by atoms with van der Waals surface area (Å²) in [4.78, 5) is 8.91. The lowest BCUT2D eigenvalue weighted by Crippen LogP contribution is -2.00. The quantitative estimate of drug-likeness (QED) is 0.379. The van der Waals surface area contributed by atoms with Crippen molar-refractivity contribution in [2.45, 2.75) is 0 Å². The van der Waals surface area contributed by atoms with Crippen molar-refractivity contribution in [3.8, 4) is 0 Å². The number of hydrogen-bond donors (Lipinski definition) is 0. The fraction of sp³-hybridized carbons (Fsp3) is 1.00. The summed E-state index contributed by atoms with van der Waals surface area (Å²) >= 11 is 4.29. The Morgan fingerprint density at radius 3 is 2.33 bits per heavy atom. The minimum atomic E-state index is -0.424. The van der Waals surface area contributed by atoms with Crippen molar-refractivity contribution in [1.29, 1.82) is 0 Å². The molecule has 0 unspecified atom stereocenters. The molecule has 0 heterocycles. The van der Waals surface area contributed by atoms with Crippen molar-refractivity contribution in [2.75, 3.05) is 12.3 Å². The summed E-state index contributed by atoms with van der Waals surface area (Å²) in [5.74, 6) is 0.215. The van der Waals surface area contributed by atoms with E-state index in [-0.39, 0.29) is 12.3 Å². The molecule has 0 aliphatic rings. The first-order chi connectivity index (χ1) is 2.77. The number of hydrogen-bond acceptors (Lipinski definition) is 2. The zero-order chi connectivity index (χ0) is 4.99. The van der Waals surface area contributed by atoms with Gasteiger partial charge in [-0.3, -0.25) is 10.1 Å². The van der Waals surface area contributed by atoms with Crippen molar-refractivity contribution in [3.63, 3.8) is 0 Å². The third-order valence-corrected chi connectivity index (χ3v) is 0.456. The third-order valence-electron chi connectivity index (χ3n) is 0.274. The molecule has 0 saturated heterocycles. The summed E-state index contributed by atoms with van der Waals surface area (Å²) in [6.45, 7) is -0.0880. The van der Waals surface area contributed by atoms with E-state index in [1.54, 1.807) is 0 Å². The molecule has 0 aliphatic heterocycles. The lowest BCUT2D eigenvalue weighted by Gasteiger charge is -1.79. The Morgan fingerprint density at radius 2 is 2.33 bits per heavy atom. The fourth-order valence-electron chi connectivity index (χ4n) is 0.0745. The lowest BCUT2D eigenvalue weighted by molar-refractivity contribution is -0.474. The van der Waals surface area contributed by atoms with Crippen LogP contribution in [-0.4, -0.2) is 17.2 Å². The predicted molar refractivity (Wildman–Crippen MR) is 24.3 cm³/mol. The van der Waals surface area contributed by atoms with Crippen LogP contribution >= 0.6 is 12.6 Å². The molecule has 0 bridgehead atoms. The van der Waals surface area contributed by atoms with Crippen LogP contribution in [0.2, 0.25) is 0 Å². The summed E-state index contributed by atoms with van der Waals surface area (Å²) in [6.07, 6.45) is 0. The summed E-state index contributed by atoms with van der Waals surface area (Å²) < 4.78 is 0. The monoisotopic (exact) mass is 106 g/mol. The Morgan fingerprint density at radius 1 is 1.83 bits per heavy atom. The zero-order valence-electron chi connectivity index (χ0n) is 3.09. The second-order valence-electron chi connectivity index (χ2n) is 0.760. The average Bonchev–Trinajstić information content (AvgIpc) is 1.35. The normalized spacial score (nSPS) is 8.17. The molecule has 6 heavy (non-hydrogen) atoms. The highest BCUT2D eigenvalue weighted by atomic mass is 32.1. The first-order valence-electron chi connectivity index (χ1n) is 1.47. The van der Waals surface area contributed by atoms with Crippen molar-refractivity contribution in [2.24, 2.45) is 0 Å². The van der Waals surface area contributed by atoms with Gasteiger partial charge in [0.05, 0.1) is 5.75 Å². The molecule has 0 N–H and O–H groups in total. The van der Waals surface area contributed by atoms with E-state index in [1.165, 1.54) is 0 Å². The van der Waals surface area contributed by atoms with Crippen LogP contribution in [0, 0.1) is 10.1 Å². The van der Waals surface area contributed by atoms with E-state index >= 15 is 0 Å². The summed E-state index contributed by atoms with van der Waals surface area (Å²) in [7, 11) is 0. The van der Waals surface area contributed by atoms with Crippen molar-refractivity contribution < 1.29 is 4.92 Å². The average molecular weight is 106 g/mol. The maximum atomic E-state index is 9.34. The molecule has 0 saturated carbocycles. The molecular weight excluding hydrogens is 102 g/mol. The zero-order valence-corrected chi connectivity index (χ0v) is 3.90. The van der Waals surface area contributed by atoms with Gasteiger partial charge in [0.2, 0.25) is 6.54 Å². The summed E-state index contributed by atoms with van der Waals surface area (Å²) in [5, 5.41) is 9.34. The van der Waals surface area contributed by atoms with Gasteiger partial charge in [0.15, 0.2) is 0 Å². The van der Waals surface area contributed by atoms with E-state index in [1.807, 2.05) is 0 Å². The van der Waals surface area contributed by atoms with Crippen molar-refractivity contribution >= 4 is 12.6 Å². The van der Waals surface area contributed by atoms with Gasteiger partial charge in [0, 0.05) is 4.92 Å². The third kappa shape index (κ3) is 3.75. The second kappa shape index (κ2) is 2.96. The Hall–Kier alpha value is -0.250. The molecule has 0 amide bonds. The van der Waals surface area contributed by atoms with E-state index in [2.05, 4.69) is 12.6 Å². The second-order valence-corrected chi connectivity index (χ2v) is 1.17. The molecule has 0 spiro atoms. The van der Waals surface area contributed by atoms with E-state index in [0.29, 0.717) is 0 Å². The van der Waals surface area contributed by atoms with Crippen LogP contribution in [0.4, 0.5) is 0 Å². The van der Waals surface area contributed by atoms with E-state index in [0.717, 1.165) is 0 Å². The van der Waals surface area contributed by atoms with E-state index in [9.17, 15) is 10.1 Å². The van der Waals surface area contributed by atoms with Gasteiger partial charge < -0.3 is 0 Å². The number of nitro groups is 1. The molecule has 0 rings (SSSR count). The van der Waals surface area contributed by atoms with Gasteiger partial charge >= 0.3 is 0 Å². The Kier molecular flexibility index (Phi) is 2.84. The smallest absolute Gasteiger partial charge is 0.213 e. The maximum absolute atomic E-state index is 9.34. The SMILES string of the molecule is O=[N+]([O-])CC[S]. The van der Waals surface area contributed by atoms with Crippen LogP contribution in [0.3, 0.4) is 0 Å². The van der Waals surface area contributed by atoms with Gasteiger partial charge in [-0.2, -0.15) is 0 Å². The van der Waals surface area contributed by atoms with Crippen LogP contribution in [0.1, 0.15) is 0 Å². The molecule has 0 fully saturated rings. The lowest BCUT2D eigenvalue weighted by atomic mass is 10.8. The Labute approximate surface area is 40.9 Å². The summed E-state index contributed by atoms with van der Waals surface area (Å²) in [6, 6.07) is 0. The van der Waals surface area contributed by atoms with Crippen molar-refractivity contribution in [1.82, 2.24) is 0 Å². The molecule has 1 radical (unpaired) electrons. The molecule has 0 aromatic rings. The van der Waals surface area contributed by atoms with Crippen LogP contribution in [0.5, 0.6) is 0 Å². The number of rotatable bonds is 2. The minimum absolute atomic E-state index is 0.0880. The standard InChI is InChI=1S/C2H4NO2S/c4-3(5)1-2-6/h1-2H2. The fourth-order valence-corrected chi connectivity index (χ4v) is 0.224. The van der Waals surface area contributed by atoms with Crippen molar-refractivity contribution in [3.05, 3.63) is 10.1 Å². The first-order valence-corrected chi connectivity index (χ1v) is 2.05. The van der Waals surface area contributed by atoms with Crippen LogP contribution < -0.4 is 0 Å².